The second kappa shape index (κ2) is 22.1. The highest BCUT2D eigenvalue weighted by molar-refractivity contribution is 5.88. The van der Waals surface area contributed by atoms with Crippen LogP contribution in [-0.4, -0.2) is 84.0 Å². The summed E-state index contributed by atoms with van der Waals surface area (Å²) in [5.41, 5.74) is 0.231. The van der Waals surface area contributed by atoms with Crippen LogP contribution in [0.1, 0.15) is 118 Å². The standard InChI is InChI=1S/C44H64N4O11/c1-42(2,3)57-36(49)23-21-33(39(52)59-44(7,8)9)47-40(53)46-32(38(51)58-43(4,5)6)19-13-14-24-45-37(50)34(48-41(54)56-28-29-16-11-10-12-17-29)27-30-20-22-35-31(26-30)18-15-25-55-35/h10-12,16-17,20,22,26,32-34H,13-15,18-19,21,23-25,27-28H2,1-9H3,(H,45,50)(H,48,54)(H2,46,47,53)/t32-,33-,34+/m0/s1. The predicted molar refractivity (Wildman–Crippen MR) is 220 cm³/mol. The molecular weight excluding hydrogens is 761 g/mol. The third kappa shape index (κ3) is 19.3. The summed E-state index contributed by atoms with van der Waals surface area (Å²) in [6.45, 7) is 16.2. The molecule has 0 spiro atoms. The van der Waals surface area contributed by atoms with Gasteiger partial charge in [-0.15, -0.1) is 0 Å². The molecule has 59 heavy (non-hydrogen) atoms. The molecule has 0 saturated heterocycles. The fraction of sp³-hybridized carbons (Fsp3) is 0.591. The number of benzene rings is 2. The Morgan fingerprint density at radius 3 is 1.92 bits per heavy atom. The van der Waals surface area contributed by atoms with Gasteiger partial charge in [0.1, 0.15) is 47.3 Å². The molecule has 4 amide bonds. The number of rotatable bonds is 18. The summed E-state index contributed by atoms with van der Waals surface area (Å²) in [4.78, 5) is 78.5. The molecule has 0 unspecified atom stereocenters. The number of urea groups is 1. The first-order chi connectivity index (χ1) is 27.6. The van der Waals surface area contributed by atoms with E-state index in [9.17, 15) is 28.8 Å². The number of nitrogens with one attached hydrogen (secondary N) is 4. The molecule has 3 rings (SSSR count). The number of alkyl carbamates (subject to hydrolysis) is 1. The highest BCUT2D eigenvalue weighted by Gasteiger charge is 2.31. The van der Waals surface area contributed by atoms with Gasteiger partial charge in [0.05, 0.1) is 6.61 Å². The van der Waals surface area contributed by atoms with Crippen molar-refractivity contribution in [1.29, 1.82) is 0 Å². The van der Waals surface area contributed by atoms with Crippen molar-refractivity contribution < 1.29 is 52.5 Å². The normalized spacial score (nSPS) is 14.2. The molecule has 2 aromatic carbocycles. The van der Waals surface area contributed by atoms with Crippen molar-refractivity contribution >= 4 is 35.9 Å². The quantitative estimate of drug-likeness (QED) is 0.0785. The number of fused-ring (bicyclic) bond motifs is 1. The maximum absolute atomic E-state index is 13.5. The van der Waals surface area contributed by atoms with E-state index in [2.05, 4.69) is 21.3 Å². The Labute approximate surface area is 348 Å². The molecule has 2 aromatic rings. The minimum Gasteiger partial charge on any atom is -0.493 e. The Bertz CT molecular complexity index is 1730. The smallest absolute Gasteiger partial charge is 0.408 e. The minimum atomic E-state index is -1.22. The van der Waals surface area contributed by atoms with Gasteiger partial charge in [0.2, 0.25) is 5.91 Å². The van der Waals surface area contributed by atoms with Gasteiger partial charge in [-0.25, -0.2) is 19.2 Å². The SMILES string of the molecule is CC(C)(C)OC(=O)CC[C@H](NC(=O)N[C@@H](CCCCNC(=O)[C@@H](Cc1ccc2c(c1)CCCO2)NC(=O)OCc1ccccc1)C(=O)OC(C)(C)C)C(=O)OC(C)(C)C. The van der Waals surface area contributed by atoms with E-state index in [1.807, 2.05) is 48.5 Å². The van der Waals surface area contributed by atoms with Crippen LogP contribution in [0.2, 0.25) is 0 Å². The Morgan fingerprint density at radius 1 is 0.695 bits per heavy atom. The topological polar surface area (TPSA) is 197 Å². The van der Waals surface area contributed by atoms with Crippen molar-refractivity contribution in [2.45, 2.75) is 155 Å². The molecule has 0 bridgehead atoms. The Balaban J connectivity index is 1.64. The zero-order valence-corrected chi connectivity index (χ0v) is 36.1. The van der Waals surface area contributed by atoms with Crippen LogP contribution in [0.5, 0.6) is 5.75 Å². The van der Waals surface area contributed by atoms with Crippen LogP contribution in [0, 0.1) is 0 Å². The number of aryl methyl sites for hydroxylation is 1. The highest BCUT2D eigenvalue weighted by Crippen LogP contribution is 2.26. The second-order valence-corrected chi connectivity index (χ2v) is 17.6. The van der Waals surface area contributed by atoms with Gasteiger partial charge in [-0.2, -0.15) is 0 Å². The third-order valence-electron chi connectivity index (χ3n) is 8.50. The number of ether oxygens (including phenoxy) is 5. The first kappa shape index (κ1) is 48.0. The summed E-state index contributed by atoms with van der Waals surface area (Å²) in [7, 11) is 0. The summed E-state index contributed by atoms with van der Waals surface area (Å²) in [6, 6.07) is 10.8. The van der Waals surface area contributed by atoms with Crippen molar-refractivity contribution in [3.8, 4) is 5.75 Å². The van der Waals surface area contributed by atoms with E-state index in [0.29, 0.717) is 19.4 Å². The minimum absolute atomic E-state index is 0.0375. The largest absolute Gasteiger partial charge is 0.493 e. The molecule has 1 aliphatic heterocycles. The summed E-state index contributed by atoms with van der Waals surface area (Å²) in [5, 5.41) is 10.8. The van der Waals surface area contributed by atoms with Crippen LogP contribution >= 0.6 is 0 Å². The first-order valence-corrected chi connectivity index (χ1v) is 20.3. The van der Waals surface area contributed by atoms with Crippen molar-refractivity contribution in [3.05, 3.63) is 65.2 Å². The number of esters is 3. The molecule has 0 saturated carbocycles. The molecule has 3 atom stereocenters. The zero-order chi connectivity index (χ0) is 43.8. The number of amides is 4. The number of carbonyl (C=O) groups is 6. The fourth-order valence-corrected chi connectivity index (χ4v) is 5.96. The lowest BCUT2D eigenvalue weighted by Gasteiger charge is -2.27. The number of unbranched alkanes of at least 4 members (excludes halogenated alkanes) is 1. The lowest BCUT2D eigenvalue weighted by molar-refractivity contribution is -0.159. The van der Waals surface area contributed by atoms with Gasteiger partial charge < -0.3 is 45.0 Å². The molecule has 15 heteroatoms. The second-order valence-electron chi connectivity index (χ2n) is 17.6. The van der Waals surface area contributed by atoms with E-state index >= 15 is 0 Å². The molecule has 0 aromatic heterocycles. The van der Waals surface area contributed by atoms with E-state index in [1.165, 1.54) is 0 Å². The van der Waals surface area contributed by atoms with Gasteiger partial charge in [-0.3, -0.25) is 9.59 Å². The van der Waals surface area contributed by atoms with E-state index in [4.69, 9.17) is 23.7 Å². The highest BCUT2D eigenvalue weighted by atomic mass is 16.6. The molecule has 4 N–H and O–H groups in total. The monoisotopic (exact) mass is 824 g/mol. The van der Waals surface area contributed by atoms with E-state index in [1.54, 1.807) is 62.3 Å². The molecule has 15 nitrogen and oxygen atoms in total. The molecule has 326 valence electrons. The zero-order valence-electron chi connectivity index (χ0n) is 36.1. The Morgan fingerprint density at radius 2 is 1.31 bits per heavy atom. The maximum Gasteiger partial charge on any atom is 0.408 e. The van der Waals surface area contributed by atoms with E-state index < -0.39 is 70.9 Å². The van der Waals surface area contributed by atoms with Crippen molar-refractivity contribution in [3.63, 3.8) is 0 Å². The summed E-state index contributed by atoms with van der Waals surface area (Å²) < 4.78 is 27.6. The average molecular weight is 825 g/mol. The average Bonchev–Trinajstić information content (AvgIpc) is 3.13. The van der Waals surface area contributed by atoms with Crippen molar-refractivity contribution in [1.82, 2.24) is 21.3 Å². The molecule has 0 radical (unpaired) electrons. The number of carbonyl (C=O) groups excluding carboxylic acids is 6. The number of hydrogen-bond acceptors (Lipinski definition) is 11. The lowest BCUT2D eigenvalue weighted by Crippen LogP contribution is -2.53. The van der Waals surface area contributed by atoms with Gasteiger partial charge in [0, 0.05) is 19.4 Å². The van der Waals surface area contributed by atoms with Gasteiger partial charge in [0.25, 0.3) is 0 Å². The molecule has 0 fully saturated rings. The lowest BCUT2D eigenvalue weighted by atomic mass is 9.99. The molecule has 0 aliphatic carbocycles. The molecular formula is C44H64N4O11. The van der Waals surface area contributed by atoms with Crippen LogP contribution in [0.3, 0.4) is 0 Å². The van der Waals surface area contributed by atoms with E-state index in [0.717, 1.165) is 35.3 Å². The van der Waals surface area contributed by atoms with Crippen LogP contribution in [0.25, 0.3) is 0 Å². The first-order valence-electron chi connectivity index (χ1n) is 20.3. The van der Waals surface area contributed by atoms with Gasteiger partial charge in [-0.1, -0.05) is 42.5 Å². The summed E-state index contributed by atoms with van der Waals surface area (Å²) >= 11 is 0. The van der Waals surface area contributed by atoms with Crippen LogP contribution in [0.4, 0.5) is 9.59 Å². The van der Waals surface area contributed by atoms with Crippen LogP contribution in [0.15, 0.2) is 48.5 Å². The third-order valence-corrected chi connectivity index (χ3v) is 8.50. The predicted octanol–water partition coefficient (Wildman–Crippen LogP) is 5.98. The van der Waals surface area contributed by atoms with Crippen LogP contribution < -0.4 is 26.0 Å². The summed E-state index contributed by atoms with van der Waals surface area (Å²) in [6.07, 6.45) is 1.87. The van der Waals surface area contributed by atoms with Gasteiger partial charge in [0.15, 0.2) is 0 Å². The molecule has 1 aliphatic rings. The van der Waals surface area contributed by atoms with Gasteiger partial charge in [-0.05, 0) is 124 Å². The Kier molecular flexibility index (Phi) is 18.0. The summed E-state index contributed by atoms with van der Waals surface area (Å²) in [5.74, 6) is -1.59. The van der Waals surface area contributed by atoms with E-state index in [-0.39, 0.29) is 38.8 Å². The fourth-order valence-electron chi connectivity index (χ4n) is 5.96. The van der Waals surface area contributed by atoms with Crippen molar-refractivity contribution in [2.75, 3.05) is 13.2 Å². The maximum atomic E-state index is 13.5. The van der Waals surface area contributed by atoms with Crippen LogP contribution in [-0.2, 0) is 57.6 Å². The number of hydrogen-bond donors (Lipinski definition) is 4. The Hall–Kier alpha value is -5.34. The van der Waals surface area contributed by atoms with Gasteiger partial charge >= 0.3 is 30.0 Å². The molecule has 1 heterocycles. The van der Waals surface area contributed by atoms with Crippen molar-refractivity contribution in [2.24, 2.45) is 0 Å².